The summed E-state index contributed by atoms with van der Waals surface area (Å²) in [5.41, 5.74) is -1.49. The van der Waals surface area contributed by atoms with Gasteiger partial charge in [-0.15, -0.1) is 0 Å². The lowest BCUT2D eigenvalue weighted by Gasteiger charge is -2.32. The van der Waals surface area contributed by atoms with E-state index in [1.54, 1.807) is 25.7 Å². The standard InChI is InChI=1S/C23H23ClF6N2O/c1-21(2,3)11-19(33)31-20-17(23(28,29)30)9-16(10-18(20)24)32-7-6-13-8-15(22(25,26)27)5-4-14(13)12-32/h4-5,8-10H,6-7,11-12H2,1-3H3,(H,31,33). The predicted molar refractivity (Wildman–Crippen MR) is 115 cm³/mol. The number of fused-ring (bicyclic) bond motifs is 1. The summed E-state index contributed by atoms with van der Waals surface area (Å²) in [6.45, 7) is 5.71. The maximum absolute atomic E-state index is 13.8. The third-order valence-corrected chi connectivity index (χ3v) is 5.54. The molecule has 0 fully saturated rings. The van der Waals surface area contributed by atoms with Crippen LogP contribution >= 0.6 is 11.6 Å². The zero-order chi connectivity index (χ0) is 24.8. The molecule has 10 heteroatoms. The summed E-state index contributed by atoms with van der Waals surface area (Å²) < 4.78 is 80.3. The largest absolute Gasteiger partial charge is 0.418 e. The Bertz CT molecular complexity index is 1060. The Balaban J connectivity index is 1.92. The Morgan fingerprint density at radius 3 is 2.24 bits per heavy atom. The van der Waals surface area contributed by atoms with Gasteiger partial charge in [0, 0.05) is 25.2 Å². The Labute approximate surface area is 192 Å². The van der Waals surface area contributed by atoms with Gasteiger partial charge in [0.25, 0.3) is 0 Å². The van der Waals surface area contributed by atoms with E-state index in [0.717, 1.165) is 18.2 Å². The molecule has 0 saturated carbocycles. The van der Waals surface area contributed by atoms with Crippen molar-refractivity contribution in [1.82, 2.24) is 0 Å². The van der Waals surface area contributed by atoms with Gasteiger partial charge in [0.15, 0.2) is 0 Å². The Kier molecular flexibility index (Phi) is 6.68. The molecule has 0 bridgehead atoms. The van der Waals surface area contributed by atoms with Crippen LogP contribution in [0.2, 0.25) is 5.02 Å². The minimum absolute atomic E-state index is 0.00516. The van der Waals surface area contributed by atoms with Crippen molar-refractivity contribution >= 4 is 28.9 Å². The highest BCUT2D eigenvalue weighted by molar-refractivity contribution is 6.34. The van der Waals surface area contributed by atoms with Crippen LogP contribution in [0.4, 0.5) is 37.7 Å². The lowest BCUT2D eigenvalue weighted by Crippen LogP contribution is -2.31. The lowest BCUT2D eigenvalue weighted by molar-refractivity contribution is -0.138. The molecule has 3 rings (SSSR count). The number of carbonyl (C=O) groups excluding carboxylic acids is 1. The molecule has 0 atom stereocenters. The molecule has 180 valence electrons. The average molecular weight is 493 g/mol. The van der Waals surface area contributed by atoms with Gasteiger partial charge in [0.05, 0.1) is 21.8 Å². The summed E-state index contributed by atoms with van der Waals surface area (Å²) in [4.78, 5) is 13.9. The van der Waals surface area contributed by atoms with Crippen molar-refractivity contribution in [2.45, 2.75) is 52.5 Å². The zero-order valence-corrected chi connectivity index (χ0v) is 19.0. The Morgan fingerprint density at radius 2 is 1.67 bits per heavy atom. The molecule has 0 saturated heterocycles. The van der Waals surface area contributed by atoms with Gasteiger partial charge in [-0.3, -0.25) is 4.79 Å². The van der Waals surface area contributed by atoms with Gasteiger partial charge in [0.2, 0.25) is 5.91 Å². The first kappa shape index (κ1) is 25.2. The molecule has 1 aliphatic heterocycles. The summed E-state index contributed by atoms with van der Waals surface area (Å²) in [5.74, 6) is -0.588. The highest BCUT2D eigenvalue weighted by atomic mass is 35.5. The first-order valence-corrected chi connectivity index (χ1v) is 10.6. The fourth-order valence-corrected chi connectivity index (χ4v) is 4.00. The zero-order valence-electron chi connectivity index (χ0n) is 18.2. The van der Waals surface area contributed by atoms with Crippen molar-refractivity contribution in [3.63, 3.8) is 0 Å². The van der Waals surface area contributed by atoms with Crippen LogP contribution in [0.1, 0.15) is 49.4 Å². The number of nitrogens with zero attached hydrogens (tertiary/aromatic N) is 1. The number of rotatable bonds is 3. The maximum Gasteiger partial charge on any atom is 0.418 e. The quantitative estimate of drug-likeness (QED) is 0.455. The van der Waals surface area contributed by atoms with E-state index in [1.165, 1.54) is 12.1 Å². The third-order valence-electron chi connectivity index (χ3n) is 5.25. The Hall–Kier alpha value is -2.42. The minimum Gasteiger partial charge on any atom is -0.367 e. The van der Waals surface area contributed by atoms with E-state index >= 15 is 0 Å². The van der Waals surface area contributed by atoms with E-state index in [0.29, 0.717) is 11.1 Å². The normalized spacial score (nSPS) is 14.8. The van der Waals surface area contributed by atoms with Crippen molar-refractivity contribution < 1.29 is 31.1 Å². The monoisotopic (exact) mass is 492 g/mol. The molecule has 1 amide bonds. The SMILES string of the molecule is CC(C)(C)CC(=O)Nc1c(Cl)cc(N2CCc3cc(C(F)(F)F)ccc3C2)cc1C(F)(F)F. The number of nitrogens with one attached hydrogen (secondary N) is 1. The minimum atomic E-state index is -4.78. The van der Waals surface area contributed by atoms with Crippen LogP contribution in [-0.2, 0) is 30.1 Å². The summed E-state index contributed by atoms with van der Waals surface area (Å²) in [5, 5.41) is 2.03. The van der Waals surface area contributed by atoms with Gasteiger partial charge in [-0.2, -0.15) is 26.3 Å². The molecule has 0 radical (unpaired) electrons. The van der Waals surface area contributed by atoms with Gasteiger partial charge in [-0.05, 0) is 47.2 Å². The number of alkyl halides is 6. The third kappa shape index (κ3) is 6.13. The number of anilines is 2. The molecular weight excluding hydrogens is 470 g/mol. The lowest BCUT2D eigenvalue weighted by atomic mass is 9.92. The summed E-state index contributed by atoms with van der Waals surface area (Å²) in [7, 11) is 0. The molecule has 1 N–H and O–H groups in total. The summed E-state index contributed by atoms with van der Waals surface area (Å²) in [6.07, 6.45) is -9.00. The number of hydrogen-bond acceptors (Lipinski definition) is 2. The van der Waals surface area contributed by atoms with E-state index < -0.39 is 40.5 Å². The van der Waals surface area contributed by atoms with Crippen LogP contribution in [0.15, 0.2) is 30.3 Å². The first-order valence-electron chi connectivity index (χ1n) is 10.2. The fraction of sp³-hybridized carbons (Fsp3) is 0.435. The smallest absolute Gasteiger partial charge is 0.367 e. The fourth-order valence-electron chi connectivity index (χ4n) is 3.74. The average Bonchev–Trinajstić information content (AvgIpc) is 2.65. The number of carbonyl (C=O) groups is 1. The van der Waals surface area contributed by atoms with E-state index in [2.05, 4.69) is 5.32 Å². The van der Waals surface area contributed by atoms with E-state index in [1.807, 2.05) is 0 Å². The molecule has 2 aromatic rings. The van der Waals surface area contributed by atoms with Gasteiger partial charge in [0.1, 0.15) is 0 Å². The predicted octanol–water partition coefficient (Wildman–Crippen LogP) is 7.32. The number of benzene rings is 2. The molecular formula is C23H23ClF6N2O. The van der Waals surface area contributed by atoms with Crippen LogP contribution in [0.3, 0.4) is 0 Å². The number of amides is 1. The highest BCUT2D eigenvalue weighted by Gasteiger charge is 2.37. The molecule has 1 aliphatic rings. The van der Waals surface area contributed by atoms with Crippen molar-refractivity contribution in [2.75, 3.05) is 16.8 Å². The van der Waals surface area contributed by atoms with Gasteiger partial charge in [-0.1, -0.05) is 38.4 Å². The van der Waals surface area contributed by atoms with Crippen LogP contribution in [0.5, 0.6) is 0 Å². The summed E-state index contributed by atoms with van der Waals surface area (Å²) >= 11 is 6.18. The van der Waals surface area contributed by atoms with E-state index in [9.17, 15) is 31.1 Å². The number of halogens is 7. The van der Waals surface area contributed by atoms with Gasteiger partial charge in [-0.25, -0.2) is 0 Å². The summed E-state index contributed by atoms with van der Waals surface area (Å²) in [6, 6.07) is 5.63. The molecule has 0 unspecified atom stereocenters. The van der Waals surface area contributed by atoms with Crippen LogP contribution in [0.25, 0.3) is 0 Å². The second-order valence-electron chi connectivity index (χ2n) is 9.29. The first-order chi connectivity index (χ1) is 15.0. The van der Waals surface area contributed by atoms with Crippen molar-refractivity contribution in [3.8, 4) is 0 Å². The molecule has 1 heterocycles. The molecule has 0 spiro atoms. The van der Waals surface area contributed by atoms with Crippen molar-refractivity contribution in [3.05, 3.63) is 57.6 Å². The topological polar surface area (TPSA) is 32.3 Å². The molecule has 3 nitrogen and oxygen atoms in total. The molecule has 0 aliphatic carbocycles. The Morgan fingerprint density at radius 1 is 1.00 bits per heavy atom. The van der Waals surface area contributed by atoms with Crippen LogP contribution in [0, 0.1) is 5.41 Å². The second kappa shape index (κ2) is 8.74. The highest BCUT2D eigenvalue weighted by Crippen LogP contribution is 2.43. The van der Waals surface area contributed by atoms with Gasteiger partial charge >= 0.3 is 12.4 Å². The van der Waals surface area contributed by atoms with Crippen molar-refractivity contribution in [1.29, 1.82) is 0 Å². The molecule has 2 aromatic carbocycles. The molecule has 0 aromatic heterocycles. The van der Waals surface area contributed by atoms with E-state index in [-0.39, 0.29) is 36.6 Å². The number of hydrogen-bond donors (Lipinski definition) is 1. The van der Waals surface area contributed by atoms with E-state index in [4.69, 9.17) is 11.6 Å². The van der Waals surface area contributed by atoms with Crippen LogP contribution < -0.4 is 10.2 Å². The van der Waals surface area contributed by atoms with Crippen LogP contribution in [-0.4, -0.2) is 12.5 Å². The van der Waals surface area contributed by atoms with Crippen molar-refractivity contribution in [2.24, 2.45) is 5.41 Å². The van der Waals surface area contributed by atoms with Gasteiger partial charge < -0.3 is 10.2 Å². The maximum atomic E-state index is 13.8. The second-order valence-corrected chi connectivity index (χ2v) is 9.69. The molecule has 33 heavy (non-hydrogen) atoms.